The first kappa shape index (κ1) is 12.3. The fraction of sp³-hybridized carbons (Fsp3) is 0.0625. The van der Waals surface area contributed by atoms with Crippen LogP contribution in [0.2, 0.25) is 0 Å². The number of amides is 1. The first-order valence-corrected chi connectivity index (χ1v) is 6.36. The van der Waals surface area contributed by atoms with Gasteiger partial charge in [0.2, 0.25) is 0 Å². The summed E-state index contributed by atoms with van der Waals surface area (Å²) in [5.41, 5.74) is 2.80. The number of hydrogen-bond acceptors (Lipinski definition) is 1. The van der Waals surface area contributed by atoms with Gasteiger partial charge in [0.25, 0.3) is 0 Å². The summed E-state index contributed by atoms with van der Waals surface area (Å²) in [6.45, 7) is 0.711. The molecule has 4 heteroatoms. The van der Waals surface area contributed by atoms with Gasteiger partial charge in [0, 0.05) is 18.1 Å². The van der Waals surface area contributed by atoms with Gasteiger partial charge in [-0.05, 0) is 11.6 Å². The van der Waals surface area contributed by atoms with Gasteiger partial charge >= 0.3 is 6.09 Å². The first-order valence-electron chi connectivity index (χ1n) is 6.36. The monoisotopic (exact) mass is 266 g/mol. The molecule has 0 fully saturated rings. The van der Waals surface area contributed by atoms with E-state index in [2.05, 4.69) is 22.0 Å². The van der Waals surface area contributed by atoms with Crippen molar-refractivity contribution in [1.29, 1.82) is 0 Å². The average molecular weight is 266 g/mol. The summed E-state index contributed by atoms with van der Waals surface area (Å²) in [5, 5.41) is 12.3. The number of benzene rings is 2. The van der Waals surface area contributed by atoms with Crippen LogP contribution in [0.25, 0.3) is 10.9 Å². The summed E-state index contributed by atoms with van der Waals surface area (Å²) in [6.07, 6.45) is 0.791. The van der Waals surface area contributed by atoms with Crippen LogP contribution in [0.5, 0.6) is 0 Å². The van der Waals surface area contributed by atoms with Crippen molar-refractivity contribution in [3.63, 3.8) is 0 Å². The van der Waals surface area contributed by atoms with Crippen LogP contribution in [0.1, 0.15) is 5.56 Å². The minimum Gasteiger partial charge on any atom is -0.465 e. The zero-order valence-electron chi connectivity index (χ0n) is 10.8. The van der Waals surface area contributed by atoms with E-state index < -0.39 is 6.09 Å². The van der Waals surface area contributed by atoms with E-state index in [1.54, 1.807) is 0 Å². The first-order chi connectivity index (χ1) is 9.74. The van der Waals surface area contributed by atoms with Gasteiger partial charge in [-0.1, -0.05) is 48.5 Å². The van der Waals surface area contributed by atoms with Crippen molar-refractivity contribution >= 4 is 22.7 Å². The third-order valence-electron chi connectivity index (χ3n) is 3.23. The Morgan fingerprint density at radius 1 is 1.05 bits per heavy atom. The number of nitrogens with zero attached hydrogens (tertiary/aromatic N) is 1. The Balaban J connectivity index is 2.04. The molecule has 0 saturated carbocycles. The van der Waals surface area contributed by atoms with E-state index in [-0.39, 0.29) is 0 Å². The molecule has 0 aliphatic heterocycles. The largest absolute Gasteiger partial charge is 0.465 e. The van der Waals surface area contributed by atoms with Gasteiger partial charge in [-0.15, -0.1) is 0 Å². The maximum atomic E-state index is 10.9. The fourth-order valence-electron chi connectivity index (χ4n) is 2.37. The average Bonchev–Trinajstić information content (AvgIpc) is 2.78. The van der Waals surface area contributed by atoms with Crippen LogP contribution in [0.15, 0.2) is 60.8 Å². The Morgan fingerprint density at radius 2 is 1.75 bits per heavy atom. The van der Waals surface area contributed by atoms with E-state index in [1.807, 2.05) is 48.7 Å². The number of carboxylic acid groups (broad SMARTS) is 1. The quantitative estimate of drug-likeness (QED) is 0.758. The summed E-state index contributed by atoms with van der Waals surface area (Å²) >= 11 is 0. The molecule has 2 aromatic carbocycles. The molecule has 0 saturated heterocycles. The fourth-order valence-corrected chi connectivity index (χ4v) is 2.37. The zero-order valence-corrected chi connectivity index (χ0v) is 10.8. The highest BCUT2D eigenvalue weighted by Gasteiger charge is 2.10. The predicted molar refractivity (Wildman–Crippen MR) is 79.1 cm³/mol. The molecule has 1 amide bonds. The van der Waals surface area contributed by atoms with Gasteiger partial charge in [0.05, 0.1) is 11.2 Å². The molecule has 0 radical (unpaired) electrons. The highest BCUT2D eigenvalue weighted by atomic mass is 16.4. The van der Waals surface area contributed by atoms with Crippen LogP contribution in [0.4, 0.5) is 10.5 Å². The van der Waals surface area contributed by atoms with Gasteiger partial charge in [0.1, 0.15) is 0 Å². The van der Waals surface area contributed by atoms with Crippen molar-refractivity contribution in [3.05, 3.63) is 66.4 Å². The van der Waals surface area contributed by atoms with Crippen molar-refractivity contribution in [3.8, 4) is 0 Å². The number of para-hydroxylation sites is 1. The Morgan fingerprint density at radius 3 is 2.50 bits per heavy atom. The van der Waals surface area contributed by atoms with Crippen LogP contribution in [0, 0.1) is 0 Å². The lowest BCUT2D eigenvalue weighted by atomic mass is 10.2. The number of anilines is 1. The van der Waals surface area contributed by atoms with E-state index in [1.165, 1.54) is 5.56 Å². The molecule has 4 nitrogen and oxygen atoms in total. The molecule has 0 atom stereocenters. The normalized spacial score (nSPS) is 10.6. The third-order valence-corrected chi connectivity index (χ3v) is 3.23. The molecule has 1 aromatic heterocycles. The van der Waals surface area contributed by atoms with Gasteiger partial charge in [-0.3, -0.25) is 5.32 Å². The van der Waals surface area contributed by atoms with Crippen LogP contribution in [0.3, 0.4) is 0 Å². The van der Waals surface area contributed by atoms with Crippen molar-refractivity contribution in [2.45, 2.75) is 6.54 Å². The molecule has 2 N–H and O–H groups in total. The summed E-state index contributed by atoms with van der Waals surface area (Å²) in [7, 11) is 0. The van der Waals surface area contributed by atoms with Crippen molar-refractivity contribution in [2.24, 2.45) is 0 Å². The summed E-state index contributed by atoms with van der Waals surface area (Å²) in [4.78, 5) is 10.9. The van der Waals surface area contributed by atoms with E-state index in [0.717, 1.165) is 10.9 Å². The molecule has 0 unspecified atom stereocenters. The molecular formula is C16H14N2O2. The standard InChI is InChI=1S/C16H14N2O2/c19-16(20)17-14-11-18(10-12-6-2-1-3-7-12)15-9-5-4-8-13(14)15/h1-9,11,17H,10H2,(H,19,20). The highest BCUT2D eigenvalue weighted by Crippen LogP contribution is 2.26. The lowest BCUT2D eigenvalue weighted by Crippen LogP contribution is -2.06. The topological polar surface area (TPSA) is 54.3 Å². The Kier molecular flexibility index (Phi) is 3.13. The van der Waals surface area contributed by atoms with E-state index in [0.29, 0.717) is 12.2 Å². The summed E-state index contributed by atoms with van der Waals surface area (Å²) < 4.78 is 2.05. The van der Waals surface area contributed by atoms with Gasteiger partial charge < -0.3 is 9.67 Å². The van der Waals surface area contributed by atoms with Crippen molar-refractivity contribution < 1.29 is 9.90 Å². The summed E-state index contributed by atoms with van der Waals surface area (Å²) in [5.74, 6) is 0. The van der Waals surface area contributed by atoms with E-state index >= 15 is 0 Å². The molecule has 3 aromatic rings. The lowest BCUT2D eigenvalue weighted by Gasteiger charge is -2.04. The second-order valence-corrected chi connectivity index (χ2v) is 4.60. The maximum absolute atomic E-state index is 10.9. The van der Waals surface area contributed by atoms with Crippen molar-refractivity contribution in [2.75, 3.05) is 5.32 Å². The number of carbonyl (C=O) groups is 1. The smallest absolute Gasteiger partial charge is 0.409 e. The number of nitrogens with one attached hydrogen (secondary N) is 1. The molecule has 0 aliphatic carbocycles. The van der Waals surface area contributed by atoms with E-state index in [9.17, 15) is 4.79 Å². The molecule has 3 rings (SSSR count). The predicted octanol–water partition coefficient (Wildman–Crippen LogP) is 3.78. The Hall–Kier alpha value is -2.75. The maximum Gasteiger partial charge on any atom is 0.409 e. The van der Waals surface area contributed by atoms with Crippen molar-refractivity contribution in [1.82, 2.24) is 4.57 Å². The molecular weight excluding hydrogens is 252 g/mol. The number of fused-ring (bicyclic) bond motifs is 1. The molecule has 100 valence electrons. The van der Waals surface area contributed by atoms with Crippen LogP contribution in [-0.2, 0) is 6.54 Å². The van der Waals surface area contributed by atoms with E-state index in [4.69, 9.17) is 5.11 Å². The van der Waals surface area contributed by atoms with Crippen LogP contribution >= 0.6 is 0 Å². The van der Waals surface area contributed by atoms with Crippen LogP contribution in [-0.4, -0.2) is 15.8 Å². The number of hydrogen-bond donors (Lipinski definition) is 2. The zero-order chi connectivity index (χ0) is 13.9. The second kappa shape index (κ2) is 5.09. The molecule has 0 aliphatic rings. The molecule has 0 bridgehead atoms. The highest BCUT2D eigenvalue weighted by molar-refractivity contribution is 5.99. The second-order valence-electron chi connectivity index (χ2n) is 4.60. The third kappa shape index (κ3) is 2.36. The molecule has 0 spiro atoms. The molecule has 20 heavy (non-hydrogen) atoms. The minimum absolute atomic E-state index is 0.615. The minimum atomic E-state index is -1.05. The van der Waals surface area contributed by atoms with Gasteiger partial charge in [0.15, 0.2) is 0 Å². The number of aromatic nitrogens is 1. The molecule has 1 heterocycles. The van der Waals surface area contributed by atoms with Crippen LogP contribution < -0.4 is 5.32 Å². The van der Waals surface area contributed by atoms with Gasteiger partial charge in [-0.25, -0.2) is 4.79 Å². The Bertz CT molecular complexity index is 748. The lowest BCUT2D eigenvalue weighted by molar-refractivity contribution is 0.210. The number of rotatable bonds is 3. The SMILES string of the molecule is O=C(O)Nc1cn(Cc2ccccc2)c2ccccc12. The Labute approximate surface area is 116 Å². The summed E-state index contributed by atoms with van der Waals surface area (Å²) in [6, 6.07) is 17.9. The van der Waals surface area contributed by atoms with Gasteiger partial charge in [-0.2, -0.15) is 0 Å².